The molecule has 0 aliphatic carbocycles. The molecule has 2 aromatic heterocycles. The van der Waals surface area contributed by atoms with Crippen molar-refractivity contribution < 1.29 is 0 Å². The van der Waals surface area contributed by atoms with Crippen molar-refractivity contribution in [3.8, 4) is 0 Å². The lowest BCUT2D eigenvalue weighted by Gasteiger charge is -2.32. The van der Waals surface area contributed by atoms with Crippen molar-refractivity contribution >= 4 is 43.3 Å². The molecule has 2 aromatic carbocycles. The van der Waals surface area contributed by atoms with Gasteiger partial charge in [-0.05, 0) is 37.4 Å². The first kappa shape index (κ1) is 17.5. The van der Waals surface area contributed by atoms with E-state index >= 15 is 0 Å². The molecule has 2 aliphatic heterocycles. The van der Waals surface area contributed by atoms with Gasteiger partial charge in [-0.1, -0.05) is 28.1 Å². The molecule has 7 heteroatoms. The number of aromatic nitrogens is 2. The second kappa shape index (κ2) is 6.58. The van der Waals surface area contributed by atoms with Crippen molar-refractivity contribution in [1.29, 1.82) is 0 Å². The molecule has 0 unspecified atom stereocenters. The first-order valence-corrected chi connectivity index (χ1v) is 10.9. The van der Waals surface area contributed by atoms with Gasteiger partial charge < -0.3 is 13.9 Å². The van der Waals surface area contributed by atoms with Gasteiger partial charge in [-0.3, -0.25) is 10.3 Å². The molecular formula is C22H23BrN6. The monoisotopic (exact) mass is 450 g/mol. The summed E-state index contributed by atoms with van der Waals surface area (Å²) < 4.78 is 5.83. The molecule has 4 aromatic rings. The normalized spacial score (nSPS) is 17.7. The van der Waals surface area contributed by atoms with Crippen LogP contribution in [0.25, 0.3) is 27.3 Å². The third kappa shape index (κ3) is 2.72. The summed E-state index contributed by atoms with van der Waals surface area (Å²) in [6, 6.07) is 15.5. The minimum absolute atomic E-state index is 0.693. The Morgan fingerprint density at radius 1 is 1.03 bits per heavy atom. The van der Waals surface area contributed by atoms with E-state index in [9.17, 15) is 0 Å². The third-order valence-corrected chi connectivity index (χ3v) is 6.75. The van der Waals surface area contributed by atoms with Gasteiger partial charge in [0.05, 0.1) is 16.6 Å². The number of nitrogens with zero attached hydrogens (tertiary/aromatic N) is 5. The van der Waals surface area contributed by atoms with Crippen LogP contribution in [0.1, 0.15) is 5.69 Å². The second-order valence-corrected chi connectivity index (χ2v) is 9.02. The number of halogens is 1. The standard InChI is InChI=1S/C22H23BrN6/c1-26-7-9-27(10-8-26)13-17-11-15-3-2-4-18-21(15)29(17)20-12-16(23)5-6-19(20)28-14-24-25-22(18)28/h2-6,11-12,24H,7-10,13-14H2,1H3. The van der Waals surface area contributed by atoms with E-state index in [2.05, 4.69) is 94.7 Å². The summed E-state index contributed by atoms with van der Waals surface area (Å²) in [4.78, 5) is 4.98. The predicted molar refractivity (Wildman–Crippen MR) is 120 cm³/mol. The van der Waals surface area contributed by atoms with E-state index in [-0.39, 0.29) is 0 Å². The van der Waals surface area contributed by atoms with Crippen molar-refractivity contribution in [2.24, 2.45) is 5.10 Å². The summed E-state index contributed by atoms with van der Waals surface area (Å²) in [5, 5.41) is 7.10. The zero-order chi connectivity index (χ0) is 19.5. The Bertz CT molecular complexity index is 1330. The van der Waals surface area contributed by atoms with Crippen LogP contribution in [0.3, 0.4) is 0 Å². The van der Waals surface area contributed by atoms with Gasteiger partial charge in [0.1, 0.15) is 6.67 Å². The van der Waals surface area contributed by atoms with Gasteiger partial charge in [0.15, 0.2) is 5.49 Å². The Labute approximate surface area is 177 Å². The minimum atomic E-state index is 0.693. The van der Waals surface area contributed by atoms with Crippen molar-refractivity contribution in [2.45, 2.75) is 13.2 Å². The average Bonchev–Trinajstić information content (AvgIpc) is 3.31. The molecule has 0 amide bonds. The Hall–Kier alpha value is -2.35. The SMILES string of the molecule is CN1CCN(Cc2cc3cccc4c5n(c6ccc(Br)cc6n2c34)CNN=5)CC1. The lowest BCUT2D eigenvalue weighted by molar-refractivity contribution is 0.147. The zero-order valence-corrected chi connectivity index (χ0v) is 18.0. The number of hydrogen-bond donors (Lipinski definition) is 1. The fourth-order valence-corrected chi connectivity index (χ4v) is 5.10. The lowest BCUT2D eigenvalue weighted by Crippen LogP contribution is -2.44. The first-order chi connectivity index (χ1) is 14.2. The molecule has 0 saturated carbocycles. The highest BCUT2D eigenvalue weighted by atomic mass is 79.9. The van der Waals surface area contributed by atoms with Crippen LogP contribution in [0.4, 0.5) is 0 Å². The summed E-state index contributed by atoms with van der Waals surface area (Å²) in [5.41, 5.74) is 9.16. The van der Waals surface area contributed by atoms with Crippen LogP contribution < -0.4 is 10.9 Å². The maximum absolute atomic E-state index is 4.65. The molecule has 0 bridgehead atoms. The summed E-state index contributed by atoms with van der Waals surface area (Å²) in [6.07, 6.45) is 0. The first-order valence-electron chi connectivity index (χ1n) is 10.1. The molecule has 0 atom stereocenters. The number of para-hydroxylation sites is 1. The molecule has 148 valence electrons. The Kier molecular flexibility index (Phi) is 3.97. The molecule has 0 spiro atoms. The Morgan fingerprint density at radius 2 is 1.90 bits per heavy atom. The Balaban J connectivity index is 1.70. The van der Waals surface area contributed by atoms with E-state index in [1.165, 1.54) is 33.0 Å². The number of benzene rings is 2. The van der Waals surface area contributed by atoms with Crippen LogP contribution in [0.15, 0.2) is 52.0 Å². The number of likely N-dealkylation sites (N-methyl/N-ethyl adjacent to an activating group) is 1. The van der Waals surface area contributed by atoms with E-state index in [0.717, 1.165) is 42.7 Å². The fraction of sp³-hybridized carbons (Fsp3) is 0.318. The van der Waals surface area contributed by atoms with Gasteiger partial charge in [-0.15, -0.1) is 0 Å². The topological polar surface area (TPSA) is 40.2 Å². The van der Waals surface area contributed by atoms with Crippen molar-refractivity contribution in [1.82, 2.24) is 24.2 Å². The smallest absolute Gasteiger partial charge is 0.163 e. The van der Waals surface area contributed by atoms with Gasteiger partial charge in [0.25, 0.3) is 0 Å². The molecule has 1 N–H and O–H groups in total. The molecule has 0 radical (unpaired) electrons. The number of hydrogen-bond acceptors (Lipinski definition) is 4. The van der Waals surface area contributed by atoms with E-state index in [4.69, 9.17) is 0 Å². The van der Waals surface area contributed by atoms with E-state index in [0.29, 0.717) is 6.67 Å². The summed E-state index contributed by atoms with van der Waals surface area (Å²) in [7, 11) is 2.21. The summed E-state index contributed by atoms with van der Waals surface area (Å²) >= 11 is 3.70. The van der Waals surface area contributed by atoms with Gasteiger partial charge in [0.2, 0.25) is 0 Å². The minimum Gasteiger partial charge on any atom is -0.309 e. The molecular weight excluding hydrogens is 428 g/mol. The number of fused-ring (bicyclic) bond motifs is 5. The number of piperazine rings is 1. The fourth-order valence-electron chi connectivity index (χ4n) is 4.75. The quantitative estimate of drug-likeness (QED) is 0.510. The molecule has 2 aliphatic rings. The van der Waals surface area contributed by atoms with Crippen LogP contribution in [-0.2, 0) is 13.2 Å². The van der Waals surface area contributed by atoms with Crippen LogP contribution in [-0.4, -0.2) is 52.0 Å². The lowest BCUT2D eigenvalue weighted by atomic mass is 10.2. The van der Waals surface area contributed by atoms with E-state index in [1.807, 2.05) is 0 Å². The average molecular weight is 451 g/mol. The summed E-state index contributed by atoms with van der Waals surface area (Å²) in [5.74, 6) is 0. The Morgan fingerprint density at radius 3 is 2.76 bits per heavy atom. The molecule has 6 rings (SSSR count). The van der Waals surface area contributed by atoms with Crippen LogP contribution in [0.5, 0.6) is 0 Å². The zero-order valence-electron chi connectivity index (χ0n) is 16.4. The van der Waals surface area contributed by atoms with Gasteiger partial charge in [0, 0.05) is 53.7 Å². The highest BCUT2D eigenvalue weighted by molar-refractivity contribution is 9.10. The van der Waals surface area contributed by atoms with E-state index < -0.39 is 0 Å². The van der Waals surface area contributed by atoms with Crippen LogP contribution in [0.2, 0.25) is 0 Å². The highest BCUT2D eigenvalue weighted by Crippen LogP contribution is 2.29. The second-order valence-electron chi connectivity index (χ2n) is 8.11. The molecule has 1 fully saturated rings. The third-order valence-electron chi connectivity index (χ3n) is 6.26. The molecule has 1 saturated heterocycles. The van der Waals surface area contributed by atoms with Crippen LogP contribution >= 0.6 is 15.9 Å². The number of rotatable bonds is 2. The molecule has 6 nitrogen and oxygen atoms in total. The predicted octanol–water partition coefficient (Wildman–Crippen LogP) is 2.93. The van der Waals surface area contributed by atoms with Crippen molar-refractivity contribution in [2.75, 3.05) is 33.2 Å². The van der Waals surface area contributed by atoms with Gasteiger partial charge in [-0.25, -0.2) is 0 Å². The number of nitrogens with one attached hydrogen (secondary N) is 1. The highest BCUT2D eigenvalue weighted by Gasteiger charge is 2.20. The van der Waals surface area contributed by atoms with E-state index in [1.54, 1.807) is 0 Å². The van der Waals surface area contributed by atoms with Gasteiger partial charge in [-0.2, -0.15) is 5.10 Å². The molecule has 4 heterocycles. The van der Waals surface area contributed by atoms with Crippen molar-refractivity contribution in [3.63, 3.8) is 0 Å². The largest absolute Gasteiger partial charge is 0.309 e. The van der Waals surface area contributed by atoms with Crippen molar-refractivity contribution in [3.05, 3.63) is 58.1 Å². The van der Waals surface area contributed by atoms with Crippen LogP contribution in [0, 0.1) is 0 Å². The van der Waals surface area contributed by atoms with Gasteiger partial charge >= 0.3 is 0 Å². The maximum atomic E-state index is 4.65. The molecule has 29 heavy (non-hydrogen) atoms. The maximum Gasteiger partial charge on any atom is 0.163 e. The summed E-state index contributed by atoms with van der Waals surface area (Å²) in [6.45, 7) is 6.13.